The van der Waals surface area contributed by atoms with Crippen LogP contribution in [0, 0.1) is 0 Å². The average molecular weight is 460 g/mol. The molecule has 2 aliphatic rings. The number of rotatable bonds is 12. The van der Waals surface area contributed by atoms with Gasteiger partial charge in [0.2, 0.25) is 0 Å². The molecule has 7 heteroatoms. The molecule has 5 nitrogen and oxygen atoms in total. The number of aliphatic carboxylic acids is 1. The van der Waals surface area contributed by atoms with Gasteiger partial charge in [0.1, 0.15) is 16.7 Å². The lowest BCUT2D eigenvalue weighted by Gasteiger charge is -2.16. The van der Waals surface area contributed by atoms with E-state index >= 15 is 0 Å². The molecule has 0 spiro atoms. The molecule has 2 heterocycles. The second-order valence-corrected chi connectivity index (χ2v) is 9.53. The zero-order valence-electron chi connectivity index (χ0n) is 17.7. The van der Waals surface area contributed by atoms with Crippen LogP contribution in [0.2, 0.25) is 0 Å². The molecule has 2 aliphatic heterocycles. The molecule has 0 saturated carbocycles. The Morgan fingerprint density at radius 3 is 2.52 bits per heavy atom. The van der Waals surface area contributed by atoms with Gasteiger partial charge in [-0.1, -0.05) is 80.7 Å². The zero-order valence-corrected chi connectivity index (χ0v) is 19.3. The van der Waals surface area contributed by atoms with Crippen LogP contribution < -0.4 is 4.74 Å². The summed E-state index contributed by atoms with van der Waals surface area (Å²) in [5.74, 6) is 0.153. The van der Waals surface area contributed by atoms with Crippen LogP contribution in [0.3, 0.4) is 0 Å². The first-order chi connectivity index (χ1) is 15.0. The van der Waals surface area contributed by atoms with Gasteiger partial charge >= 0.3 is 5.97 Å². The quantitative estimate of drug-likeness (QED) is 0.242. The van der Waals surface area contributed by atoms with Gasteiger partial charge in [-0.15, -0.1) is 0 Å². The van der Waals surface area contributed by atoms with E-state index in [2.05, 4.69) is 6.08 Å². The van der Waals surface area contributed by atoms with Crippen molar-refractivity contribution in [2.75, 3.05) is 13.2 Å². The lowest BCUT2D eigenvalue weighted by Crippen LogP contribution is -2.29. The van der Waals surface area contributed by atoms with Crippen molar-refractivity contribution in [2.45, 2.75) is 57.8 Å². The van der Waals surface area contributed by atoms with Crippen molar-refractivity contribution in [1.29, 1.82) is 0 Å². The highest BCUT2D eigenvalue weighted by atomic mass is 32.2. The fourth-order valence-electron chi connectivity index (χ4n) is 3.69. The fourth-order valence-corrected chi connectivity index (χ4v) is 5.01. The number of ether oxygens (including phenoxy) is 1. The summed E-state index contributed by atoms with van der Waals surface area (Å²) < 4.78 is 6.40. The summed E-state index contributed by atoms with van der Waals surface area (Å²) in [5.41, 5.74) is 2.00. The normalized spacial score (nSPS) is 17.0. The third kappa shape index (κ3) is 7.21. The summed E-state index contributed by atoms with van der Waals surface area (Å²) in [6, 6.07) is 7.87. The number of thiocarbonyl (C=S) groups is 1. The third-order valence-corrected chi connectivity index (χ3v) is 6.74. The molecule has 1 aromatic carbocycles. The first-order valence-corrected chi connectivity index (χ1v) is 12.2. The number of unbranched alkanes of at least 4 members (excludes halogenated alkanes) is 7. The molecular formula is C24H29NO4S2. The number of carbonyl (C=O) groups is 2. The van der Waals surface area contributed by atoms with Crippen molar-refractivity contribution in [3.05, 3.63) is 46.4 Å². The Kier molecular flexibility index (Phi) is 9.15. The highest BCUT2D eigenvalue weighted by Gasteiger charge is 2.31. The van der Waals surface area contributed by atoms with E-state index in [9.17, 15) is 9.59 Å². The zero-order chi connectivity index (χ0) is 22.1. The van der Waals surface area contributed by atoms with E-state index in [1.165, 1.54) is 11.8 Å². The largest absolute Gasteiger partial charge is 0.488 e. The lowest BCUT2D eigenvalue weighted by atomic mass is 10.1. The molecule has 1 fully saturated rings. The summed E-state index contributed by atoms with van der Waals surface area (Å²) in [7, 11) is 0. The predicted molar refractivity (Wildman–Crippen MR) is 129 cm³/mol. The highest BCUT2D eigenvalue weighted by molar-refractivity contribution is 8.26. The van der Waals surface area contributed by atoms with Gasteiger partial charge in [-0.2, -0.15) is 0 Å². The molecule has 31 heavy (non-hydrogen) atoms. The molecule has 0 radical (unpaired) electrons. The summed E-state index contributed by atoms with van der Waals surface area (Å²) >= 11 is 6.81. The van der Waals surface area contributed by atoms with Crippen molar-refractivity contribution in [3.63, 3.8) is 0 Å². The topological polar surface area (TPSA) is 66.8 Å². The fraction of sp³-hybridized carbons (Fsp3) is 0.458. The van der Waals surface area contributed by atoms with Crippen molar-refractivity contribution >= 4 is 46.3 Å². The number of carboxylic acid groups (broad SMARTS) is 1. The van der Waals surface area contributed by atoms with Gasteiger partial charge in [-0.25, -0.2) is 0 Å². The van der Waals surface area contributed by atoms with Crippen LogP contribution in [0.1, 0.15) is 63.4 Å². The van der Waals surface area contributed by atoms with Gasteiger partial charge in [-0.05, 0) is 36.6 Å². The standard InChI is InChI=1S/C24H29NO4S2/c26-22(27)13-7-5-3-1-2-4-6-10-14-25-23(28)21(31-24(25)30)16-18-15-19-11-8-9-12-20(19)29-17-18/h8-9,11-12,15-16H,1-7,10,13-14,17H2,(H,26,27). The molecule has 1 aromatic rings. The van der Waals surface area contributed by atoms with E-state index < -0.39 is 5.97 Å². The summed E-state index contributed by atoms with van der Waals surface area (Å²) in [6.45, 7) is 1.12. The number of benzene rings is 1. The van der Waals surface area contributed by atoms with E-state index in [0.29, 0.717) is 22.4 Å². The van der Waals surface area contributed by atoms with Gasteiger partial charge < -0.3 is 9.84 Å². The number of fused-ring (bicyclic) bond motifs is 1. The smallest absolute Gasteiger partial charge is 0.303 e. The molecule has 166 valence electrons. The first-order valence-electron chi connectivity index (χ1n) is 10.9. The van der Waals surface area contributed by atoms with Crippen LogP contribution in [-0.2, 0) is 9.59 Å². The maximum atomic E-state index is 12.8. The van der Waals surface area contributed by atoms with Crippen LogP contribution in [-0.4, -0.2) is 39.4 Å². The second kappa shape index (κ2) is 12.1. The molecule has 1 saturated heterocycles. The van der Waals surface area contributed by atoms with E-state index in [1.807, 2.05) is 30.3 Å². The maximum Gasteiger partial charge on any atom is 0.303 e. The number of thioether (sulfide) groups is 1. The van der Waals surface area contributed by atoms with Gasteiger partial charge in [-0.3, -0.25) is 14.5 Å². The molecule has 0 atom stereocenters. The number of carboxylic acids is 1. The Bertz CT molecular complexity index is 878. The van der Waals surface area contributed by atoms with Crippen LogP contribution in [0.5, 0.6) is 5.75 Å². The SMILES string of the molecule is O=C(O)CCCCCCCCCCN1C(=O)C(=CC2=Cc3ccccc3OC2)SC1=S. The number of amides is 1. The number of carbonyl (C=O) groups excluding carboxylic acids is 1. The molecule has 1 N–H and O–H groups in total. The maximum absolute atomic E-state index is 12.8. The van der Waals surface area contributed by atoms with Crippen LogP contribution in [0.25, 0.3) is 6.08 Å². The Morgan fingerprint density at radius 1 is 1.10 bits per heavy atom. The van der Waals surface area contributed by atoms with Gasteiger partial charge in [0, 0.05) is 18.5 Å². The second-order valence-electron chi connectivity index (χ2n) is 7.85. The predicted octanol–water partition coefficient (Wildman–Crippen LogP) is 5.80. The molecular weight excluding hydrogens is 430 g/mol. The van der Waals surface area contributed by atoms with Crippen LogP contribution in [0.4, 0.5) is 0 Å². The van der Waals surface area contributed by atoms with Crippen molar-refractivity contribution in [1.82, 2.24) is 4.90 Å². The number of para-hydroxylation sites is 1. The monoisotopic (exact) mass is 459 g/mol. The molecule has 0 aromatic heterocycles. The Labute approximate surface area is 193 Å². The molecule has 1 amide bonds. The van der Waals surface area contributed by atoms with Gasteiger partial charge in [0.05, 0.1) is 4.91 Å². The molecule has 0 unspecified atom stereocenters. The minimum atomic E-state index is -0.709. The lowest BCUT2D eigenvalue weighted by molar-refractivity contribution is -0.137. The van der Waals surface area contributed by atoms with Crippen molar-refractivity contribution < 1.29 is 19.4 Å². The van der Waals surface area contributed by atoms with Gasteiger partial charge in [0.25, 0.3) is 5.91 Å². The Balaban J connectivity index is 1.37. The van der Waals surface area contributed by atoms with E-state index in [-0.39, 0.29) is 12.3 Å². The van der Waals surface area contributed by atoms with E-state index in [4.69, 9.17) is 22.1 Å². The summed E-state index contributed by atoms with van der Waals surface area (Å²) in [5, 5.41) is 8.62. The van der Waals surface area contributed by atoms with E-state index in [0.717, 1.165) is 68.3 Å². The number of nitrogens with zero attached hydrogens (tertiary/aromatic N) is 1. The van der Waals surface area contributed by atoms with Gasteiger partial charge in [0.15, 0.2) is 0 Å². The first kappa shape index (κ1) is 23.5. The molecule has 0 aliphatic carbocycles. The summed E-state index contributed by atoms with van der Waals surface area (Å²) in [4.78, 5) is 25.7. The highest BCUT2D eigenvalue weighted by Crippen LogP contribution is 2.34. The number of hydrogen-bond donors (Lipinski definition) is 1. The molecule has 0 bridgehead atoms. The molecule has 3 rings (SSSR count). The summed E-state index contributed by atoms with van der Waals surface area (Å²) in [6.07, 6.45) is 12.5. The Hall–Kier alpha value is -2.12. The third-order valence-electron chi connectivity index (χ3n) is 5.37. The average Bonchev–Trinajstić information content (AvgIpc) is 3.02. The Morgan fingerprint density at radius 2 is 1.77 bits per heavy atom. The minimum absolute atomic E-state index is 0.00631. The van der Waals surface area contributed by atoms with Crippen molar-refractivity contribution in [3.8, 4) is 5.75 Å². The minimum Gasteiger partial charge on any atom is -0.488 e. The van der Waals surface area contributed by atoms with Crippen LogP contribution in [0.15, 0.2) is 40.8 Å². The number of hydrogen-bond acceptors (Lipinski definition) is 5. The van der Waals surface area contributed by atoms with E-state index in [1.54, 1.807) is 4.90 Å². The van der Waals surface area contributed by atoms with Crippen molar-refractivity contribution in [2.24, 2.45) is 0 Å². The van der Waals surface area contributed by atoms with Crippen LogP contribution >= 0.6 is 24.0 Å².